The minimum atomic E-state index is -0.883. The lowest BCUT2D eigenvalue weighted by atomic mass is 10.0. The van der Waals surface area contributed by atoms with Crippen LogP contribution >= 0.6 is 0 Å². The summed E-state index contributed by atoms with van der Waals surface area (Å²) >= 11 is 0. The van der Waals surface area contributed by atoms with Crippen LogP contribution in [0, 0.1) is 11.6 Å². The van der Waals surface area contributed by atoms with Gasteiger partial charge >= 0.3 is 0 Å². The standard InChI is InChI=1S/C25H24F2N2O2/c1-28-25(31)23(15-18-9-3-2-4-10-18)29(17-20-12-6-8-14-22(20)27)24(30)16-19-11-5-7-13-21(19)26/h2-14,23H,15-17H2,1H3,(H,28,31)/t23-/m1/s1. The number of hydrogen-bond acceptors (Lipinski definition) is 2. The number of halogens is 2. The van der Waals surface area contributed by atoms with Crippen LogP contribution in [0.4, 0.5) is 8.78 Å². The Morgan fingerprint density at radius 1 is 0.839 bits per heavy atom. The molecule has 6 heteroatoms. The normalized spacial score (nSPS) is 11.6. The maximum absolute atomic E-state index is 14.4. The molecule has 0 saturated carbocycles. The van der Waals surface area contributed by atoms with Gasteiger partial charge in [0.2, 0.25) is 11.8 Å². The van der Waals surface area contributed by atoms with Gasteiger partial charge in [0.05, 0.1) is 6.42 Å². The topological polar surface area (TPSA) is 49.4 Å². The molecule has 3 aromatic carbocycles. The molecule has 1 atom stereocenters. The van der Waals surface area contributed by atoms with E-state index in [2.05, 4.69) is 5.32 Å². The first kappa shape index (κ1) is 22.2. The Kier molecular flexibility index (Phi) is 7.49. The summed E-state index contributed by atoms with van der Waals surface area (Å²) in [5.74, 6) is -1.80. The number of benzene rings is 3. The molecule has 0 aromatic heterocycles. The Balaban J connectivity index is 1.97. The molecule has 0 aliphatic carbocycles. The van der Waals surface area contributed by atoms with Gasteiger partial charge < -0.3 is 10.2 Å². The van der Waals surface area contributed by atoms with Crippen molar-refractivity contribution in [1.29, 1.82) is 0 Å². The van der Waals surface area contributed by atoms with Gasteiger partial charge in [-0.25, -0.2) is 8.78 Å². The molecule has 160 valence electrons. The van der Waals surface area contributed by atoms with Gasteiger partial charge in [0, 0.05) is 25.6 Å². The van der Waals surface area contributed by atoms with E-state index in [0.29, 0.717) is 0 Å². The first-order valence-corrected chi connectivity index (χ1v) is 10.0. The monoisotopic (exact) mass is 422 g/mol. The molecule has 3 aromatic rings. The maximum atomic E-state index is 14.4. The van der Waals surface area contributed by atoms with Crippen molar-refractivity contribution in [3.8, 4) is 0 Å². The molecule has 0 heterocycles. The summed E-state index contributed by atoms with van der Waals surface area (Å²) in [5.41, 5.74) is 1.36. The van der Waals surface area contributed by atoms with Crippen LogP contribution in [0.5, 0.6) is 0 Å². The molecule has 1 N–H and O–H groups in total. The number of hydrogen-bond donors (Lipinski definition) is 1. The Labute approximate surface area is 180 Å². The van der Waals surface area contributed by atoms with Crippen LogP contribution in [0.25, 0.3) is 0 Å². The Bertz CT molecular complexity index is 1040. The summed E-state index contributed by atoms with van der Waals surface area (Å²) in [6.07, 6.45) is 0.0153. The average Bonchev–Trinajstić information content (AvgIpc) is 2.79. The van der Waals surface area contributed by atoms with Crippen LogP contribution in [0.15, 0.2) is 78.9 Å². The summed E-state index contributed by atoms with van der Waals surface area (Å²) in [7, 11) is 1.49. The van der Waals surface area contributed by atoms with Crippen molar-refractivity contribution in [3.05, 3.63) is 107 Å². The molecule has 0 bridgehead atoms. The van der Waals surface area contributed by atoms with Crippen molar-refractivity contribution in [2.75, 3.05) is 7.05 Å². The zero-order valence-corrected chi connectivity index (χ0v) is 17.2. The molecule has 31 heavy (non-hydrogen) atoms. The molecular weight excluding hydrogens is 398 g/mol. The van der Waals surface area contributed by atoms with Gasteiger partial charge in [-0.15, -0.1) is 0 Å². The van der Waals surface area contributed by atoms with Gasteiger partial charge in [0.25, 0.3) is 0 Å². The molecule has 0 spiro atoms. The third-order valence-electron chi connectivity index (χ3n) is 5.12. The van der Waals surface area contributed by atoms with Crippen molar-refractivity contribution in [2.45, 2.75) is 25.4 Å². The van der Waals surface area contributed by atoms with E-state index in [1.807, 2.05) is 30.3 Å². The van der Waals surface area contributed by atoms with Gasteiger partial charge in [-0.05, 0) is 23.3 Å². The summed E-state index contributed by atoms with van der Waals surface area (Å²) < 4.78 is 28.5. The van der Waals surface area contributed by atoms with Crippen LogP contribution in [0.1, 0.15) is 16.7 Å². The van der Waals surface area contributed by atoms with Crippen LogP contribution in [-0.4, -0.2) is 29.8 Å². The zero-order valence-electron chi connectivity index (χ0n) is 17.2. The predicted molar refractivity (Wildman–Crippen MR) is 115 cm³/mol. The molecule has 3 rings (SSSR count). The zero-order chi connectivity index (χ0) is 22.2. The van der Waals surface area contributed by atoms with Gasteiger partial charge in [-0.1, -0.05) is 66.7 Å². The number of carbonyl (C=O) groups is 2. The smallest absolute Gasteiger partial charge is 0.242 e. The Morgan fingerprint density at radius 2 is 1.39 bits per heavy atom. The highest BCUT2D eigenvalue weighted by molar-refractivity contribution is 5.88. The van der Waals surface area contributed by atoms with Gasteiger partial charge in [-0.2, -0.15) is 0 Å². The van der Waals surface area contributed by atoms with Crippen LogP contribution < -0.4 is 5.32 Å². The van der Waals surface area contributed by atoms with E-state index in [0.717, 1.165) is 5.56 Å². The molecular formula is C25H24F2N2O2. The molecule has 2 amide bonds. The fraction of sp³-hybridized carbons (Fsp3) is 0.200. The van der Waals surface area contributed by atoms with Crippen molar-refractivity contribution < 1.29 is 18.4 Å². The molecule has 0 aliphatic heterocycles. The number of carbonyl (C=O) groups excluding carboxylic acids is 2. The van der Waals surface area contributed by atoms with Crippen LogP contribution in [-0.2, 0) is 29.0 Å². The summed E-state index contributed by atoms with van der Waals surface area (Å²) in [4.78, 5) is 27.4. The summed E-state index contributed by atoms with van der Waals surface area (Å²) in [5, 5.41) is 2.60. The van der Waals surface area contributed by atoms with Crippen LogP contribution in [0.3, 0.4) is 0 Å². The van der Waals surface area contributed by atoms with Gasteiger partial charge in [0.15, 0.2) is 0 Å². The van der Waals surface area contributed by atoms with Crippen molar-refractivity contribution in [2.24, 2.45) is 0 Å². The van der Waals surface area contributed by atoms with Crippen LogP contribution in [0.2, 0.25) is 0 Å². The van der Waals surface area contributed by atoms with Crippen molar-refractivity contribution in [1.82, 2.24) is 10.2 Å². The van der Waals surface area contributed by atoms with E-state index in [4.69, 9.17) is 0 Å². The second-order valence-electron chi connectivity index (χ2n) is 7.20. The number of nitrogens with zero attached hydrogens (tertiary/aromatic N) is 1. The fourth-order valence-electron chi connectivity index (χ4n) is 3.44. The van der Waals surface area contributed by atoms with E-state index in [1.165, 1.54) is 30.1 Å². The third-order valence-corrected chi connectivity index (χ3v) is 5.12. The molecule has 0 radical (unpaired) electrons. The van der Waals surface area contributed by atoms with Crippen molar-refractivity contribution in [3.63, 3.8) is 0 Å². The number of rotatable bonds is 8. The third kappa shape index (κ3) is 5.75. The Morgan fingerprint density at radius 3 is 1.97 bits per heavy atom. The number of amides is 2. The van der Waals surface area contributed by atoms with E-state index >= 15 is 0 Å². The van der Waals surface area contributed by atoms with E-state index < -0.39 is 23.6 Å². The van der Waals surface area contributed by atoms with Gasteiger partial charge in [-0.3, -0.25) is 9.59 Å². The number of nitrogens with one attached hydrogen (secondary N) is 1. The number of likely N-dealkylation sites (N-methyl/N-ethyl adjacent to an activating group) is 1. The van der Waals surface area contributed by atoms with E-state index in [9.17, 15) is 18.4 Å². The highest BCUT2D eigenvalue weighted by Crippen LogP contribution is 2.18. The fourth-order valence-corrected chi connectivity index (χ4v) is 3.44. The molecule has 0 aliphatic rings. The highest BCUT2D eigenvalue weighted by atomic mass is 19.1. The summed E-state index contributed by atoms with van der Waals surface area (Å²) in [6, 6.07) is 20.5. The largest absolute Gasteiger partial charge is 0.357 e. The first-order valence-electron chi connectivity index (χ1n) is 10.0. The molecule has 0 saturated heterocycles. The predicted octanol–water partition coefficient (Wildman–Crippen LogP) is 3.89. The quantitative estimate of drug-likeness (QED) is 0.599. The van der Waals surface area contributed by atoms with Crippen molar-refractivity contribution >= 4 is 11.8 Å². The highest BCUT2D eigenvalue weighted by Gasteiger charge is 2.30. The average molecular weight is 422 g/mol. The maximum Gasteiger partial charge on any atom is 0.242 e. The lowest BCUT2D eigenvalue weighted by molar-refractivity contribution is -0.140. The molecule has 4 nitrogen and oxygen atoms in total. The second kappa shape index (κ2) is 10.5. The second-order valence-corrected chi connectivity index (χ2v) is 7.20. The first-order chi connectivity index (χ1) is 15.0. The lowest BCUT2D eigenvalue weighted by Gasteiger charge is -2.31. The van der Waals surface area contributed by atoms with Gasteiger partial charge in [0.1, 0.15) is 17.7 Å². The SMILES string of the molecule is CNC(=O)[C@@H](Cc1ccccc1)N(Cc1ccccc1F)C(=O)Cc1ccccc1F. The molecule has 0 unspecified atom stereocenters. The Hall–Kier alpha value is -3.54. The summed E-state index contributed by atoms with van der Waals surface area (Å²) in [6.45, 7) is -0.106. The minimum Gasteiger partial charge on any atom is -0.357 e. The molecule has 0 fully saturated rings. The van der Waals surface area contributed by atoms with E-state index in [-0.39, 0.29) is 36.4 Å². The lowest BCUT2D eigenvalue weighted by Crippen LogP contribution is -2.50. The van der Waals surface area contributed by atoms with E-state index in [1.54, 1.807) is 30.3 Å². The minimum absolute atomic E-state index is 0.106.